The molecule has 2 unspecified atom stereocenters. The van der Waals surface area contributed by atoms with Crippen LogP contribution in [-0.4, -0.2) is 65.6 Å². The molecule has 0 aromatic carbocycles. The number of carboxylic acid groups (broad SMARTS) is 1. The number of sulfone groups is 1. The van der Waals surface area contributed by atoms with E-state index in [1.165, 1.54) is 17.1 Å². The third kappa shape index (κ3) is 4.49. The minimum Gasteiger partial charge on any atom is -0.548 e. The number of nitrogens with one attached hydrogen (secondary N) is 1. The number of carboxylic acids is 1. The fourth-order valence-corrected chi connectivity index (χ4v) is 5.34. The number of thiazole rings is 1. The average molecular weight is 440 g/mol. The first-order valence-corrected chi connectivity index (χ1v) is 11.1. The van der Waals surface area contributed by atoms with Crippen LogP contribution in [0.4, 0.5) is 5.13 Å². The molecule has 10 nitrogen and oxygen atoms in total. The van der Waals surface area contributed by atoms with Crippen molar-refractivity contribution in [2.45, 2.75) is 17.5 Å². The smallest absolute Gasteiger partial charge is 0.548 e. The van der Waals surface area contributed by atoms with Crippen LogP contribution in [0, 0.1) is 0 Å². The zero-order valence-corrected chi connectivity index (χ0v) is 18.7. The topological polar surface area (TPSA) is 163 Å². The van der Waals surface area contributed by atoms with Gasteiger partial charge >= 0.3 is 29.6 Å². The van der Waals surface area contributed by atoms with Crippen LogP contribution in [0.5, 0.6) is 0 Å². The van der Waals surface area contributed by atoms with E-state index >= 15 is 0 Å². The van der Waals surface area contributed by atoms with Crippen LogP contribution in [0.3, 0.4) is 0 Å². The molecule has 0 bridgehead atoms. The van der Waals surface area contributed by atoms with Crippen molar-refractivity contribution in [1.82, 2.24) is 15.2 Å². The molecule has 1 aromatic rings. The first-order valence-electron chi connectivity index (χ1n) is 7.17. The number of nitrogens with zero attached hydrogens (tertiary/aromatic N) is 2. The minimum atomic E-state index is -3.67. The van der Waals surface area contributed by atoms with E-state index in [0.29, 0.717) is 0 Å². The first-order chi connectivity index (χ1) is 12.1. The molecule has 2 aliphatic rings. The van der Waals surface area contributed by atoms with E-state index < -0.39 is 45.1 Å². The maximum Gasteiger partial charge on any atom is 1.00 e. The van der Waals surface area contributed by atoms with Gasteiger partial charge in [-0.05, 0) is 0 Å². The number of aromatic nitrogens is 1. The predicted molar refractivity (Wildman–Crippen MR) is 93.2 cm³/mol. The van der Waals surface area contributed by atoms with Gasteiger partial charge in [-0.1, -0.05) is 0 Å². The van der Waals surface area contributed by atoms with Crippen LogP contribution in [0.25, 0.3) is 5.57 Å². The number of hydrogen-bond acceptors (Lipinski definition) is 10. The maximum absolute atomic E-state index is 12.6. The first kappa shape index (κ1) is 22.2. The summed E-state index contributed by atoms with van der Waals surface area (Å²) in [4.78, 5) is 40.8. The third-order valence-corrected chi connectivity index (χ3v) is 6.46. The Morgan fingerprint density at radius 1 is 1.48 bits per heavy atom. The van der Waals surface area contributed by atoms with Crippen LogP contribution < -0.4 is 45.7 Å². The number of anilines is 1. The van der Waals surface area contributed by atoms with E-state index in [9.17, 15) is 27.9 Å². The van der Waals surface area contributed by atoms with Gasteiger partial charge in [-0.2, -0.15) is 0 Å². The number of aliphatic carboxylic acids is 1. The Balaban J connectivity index is 0.00000261. The molecule has 3 heterocycles. The molecule has 2 saturated heterocycles. The zero-order valence-electron chi connectivity index (χ0n) is 14.2. The van der Waals surface area contributed by atoms with Crippen molar-refractivity contribution in [2.75, 3.05) is 17.7 Å². The van der Waals surface area contributed by atoms with E-state index in [2.05, 4.69) is 10.3 Å². The molecule has 2 fully saturated rings. The molecule has 3 atom stereocenters. The number of nitrogens with two attached hydrogens (primary N) is 1. The number of amides is 2. The second-order valence-electron chi connectivity index (χ2n) is 5.69. The molecule has 27 heavy (non-hydrogen) atoms. The number of hydrogen-bond donors (Lipinski definition) is 2. The largest absolute Gasteiger partial charge is 1.00 e. The summed E-state index contributed by atoms with van der Waals surface area (Å²) in [7, 11) is -3.67. The van der Waals surface area contributed by atoms with Gasteiger partial charge in [0.15, 0.2) is 15.0 Å². The summed E-state index contributed by atoms with van der Waals surface area (Å²) in [6, 6.07) is -1.98. The quantitative estimate of drug-likeness (QED) is 0.258. The van der Waals surface area contributed by atoms with Gasteiger partial charge in [0.05, 0.1) is 23.3 Å². The second kappa shape index (κ2) is 8.09. The summed E-state index contributed by atoms with van der Waals surface area (Å²) in [5.41, 5.74) is 5.36. The molecule has 3 rings (SSSR count). The van der Waals surface area contributed by atoms with Crippen molar-refractivity contribution in [3.05, 3.63) is 16.5 Å². The second-order valence-corrected chi connectivity index (χ2v) is 9.62. The number of nitrogen functional groups attached to an aromatic ring is 1. The summed E-state index contributed by atoms with van der Waals surface area (Å²) in [6.45, 7) is 0. The number of fused-ring (bicyclic) bond motifs is 1. The average Bonchev–Trinajstić information content (AvgIpc) is 3.13. The van der Waals surface area contributed by atoms with Gasteiger partial charge in [0.2, 0.25) is 5.91 Å². The van der Waals surface area contributed by atoms with E-state index in [1.54, 1.807) is 0 Å². The standard InChI is InChI=1S/C13H14N4O6S3.Na/c1-26(22,23)4-5(6-2-25-13(14)15-6)9(18)16-8-10(19)17-7(12(20)21)3-24-11(8)17;/h2,4,7-8,11H,3H2,1H3,(H2,14,15)(H,16,18)(H,20,21);/q;+1/p-1/t7?,8?,11-;/m0./s1. The number of rotatable bonds is 5. The summed E-state index contributed by atoms with van der Waals surface area (Å²) in [6.07, 6.45) is 0.920. The fraction of sp³-hybridized carbons (Fsp3) is 0.385. The SMILES string of the molecule is CS(=O)(=O)C=C(C(=O)NC1C(=O)N2C(C(=O)[O-])CS[C@@H]12)c1csc(N)n1.[Na+]. The molecule has 0 saturated carbocycles. The Hall–Kier alpha value is -1.12. The Labute approximate surface area is 184 Å². The van der Waals surface area contributed by atoms with Crippen LogP contribution in [0.1, 0.15) is 5.69 Å². The molecular formula is C13H13N4NaO6S3. The molecule has 3 N–H and O–H groups in total. The van der Waals surface area contributed by atoms with Crippen LogP contribution >= 0.6 is 23.1 Å². The van der Waals surface area contributed by atoms with Gasteiger partial charge in [0, 0.05) is 22.8 Å². The number of β-lactam (4-membered cyclic amide) rings is 1. The number of carbonyl (C=O) groups is 3. The molecule has 0 radical (unpaired) electrons. The third-order valence-electron chi connectivity index (χ3n) is 3.77. The van der Waals surface area contributed by atoms with Crippen molar-refractivity contribution >= 4 is 61.4 Å². The summed E-state index contributed by atoms with van der Waals surface area (Å²) in [5.74, 6) is -2.55. The molecule has 2 amide bonds. The molecule has 140 valence electrons. The summed E-state index contributed by atoms with van der Waals surface area (Å²) in [5, 5.41) is 15.3. The van der Waals surface area contributed by atoms with Crippen molar-refractivity contribution in [3.63, 3.8) is 0 Å². The van der Waals surface area contributed by atoms with Crippen molar-refractivity contribution in [2.24, 2.45) is 0 Å². The summed E-state index contributed by atoms with van der Waals surface area (Å²) < 4.78 is 23.2. The van der Waals surface area contributed by atoms with Crippen molar-refractivity contribution < 1.29 is 57.5 Å². The van der Waals surface area contributed by atoms with Gasteiger partial charge in [0.25, 0.3) is 5.91 Å². The molecule has 0 aliphatic carbocycles. The van der Waals surface area contributed by atoms with E-state index in [0.717, 1.165) is 27.9 Å². The predicted octanol–water partition coefficient (Wildman–Crippen LogP) is -5.37. The van der Waals surface area contributed by atoms with Gasteiger partial charge in [-0.3, -0.25) is 9.59 Å². The zero-order chi connectivity index (χ0) is 19.2. The van der Waals surface area contributed by atoms with Crippen LogP contribution in [0.2, 0.25) is 0 Å². The molecule has 1 aromatic heterocycles. The molecular weight excluding hydrogens is 427 g/mol. The van der Waals surface area contributed by atoms with Crippen molar-refractivity contribution in [3.8, 4) is 0 Å². The number of carbonyl (C=O) groups excluding carboxylic acids is 3. The normalized spacial score (nSPS) is 24.6. The molecule has 0 spiro atoms. The van der Waals surface area contributed by atoms with Gasteiger partial charge in [-0.25, -0.2) is 13.4 Å². The molecule has 2 aliphatic heterocycles. The van der Waals surface area contributed by atoms with Gasteiger partial charge < -0.3 is 25.9 Å². The van der Waals surface area contributed by atoms with Crippen LogP contribution in [0.15, 0.2) is 10.8 Å². The Morgan fingerprint density at radius 2 is 2.15 bits per heavy atom. The van der Waals surface area contributed by atoms with Gasteiger partial charge in [0.1, 0.15) is 11.4 Å². The Kier molecular flexibility index (Phi) is 6.64. The maximum atomic E-state index is 12.6. The van der Waals surface area contributed by atoms with E-state index in [4.69, 9.17) is 5.73 Å². The van der Waals surface area contributed by atoms with Gasteiger partial charge in [-0.15, -0.1) is 23.1 Å². The Morgan fingerprint density at radius 3 is 2.67 bits per heavy atom. The number of thioether (sulfide) groups is 1. The monoisotopic (exact) mass is 440 g/mol. The minimum absolute atomic E-state index is 0. The van der Waals surface area contributed by atoms with E-state index in [-0.39, 0.29) is 51.7 Å². The van der Waals surface area contributed by atoms with E-state index in [1.807, 2.05) is 0 Å². The fourth-order valence-electron chi connectivity index (χ4n) is 2.65. The summed E-state index contributed by atoms with van der Waals surface area (Å²) >= 11 is 2.24. The molecule has 14 heteroatoms. The van der Waals surface area contributed by atoms with Crippen molar-refractivity contribution in [1.29, 1.82) is 0 Å². The Bertz CT molecular complexity index is 930. The van der Waals surface area contributed by atoms with Crippen LogP contribution in [-0.2, 0) is 24.2 Å².